The molecule has 4 heteroatoms. The van der Waals surface area contributed by atoms with Crippen LogP contribution in [0, 0.1) is 28.6 Å². The van der Waals surface area contributed by atoms with Gasteiger partial charge in [0, 0.05) is 0 Å². The molecule has 3 saturated carbocycles. The van der Waals surface area contributed by atoms with E-state index >= 15 is 0 Å². The lowest BCUT2D eigenvalue weighted by Crippen LogP contribution is -2.55. The van der Waals surface area contributed by atoms with E-state index < -0.39 is 18.3 Å². The Morgan fingerprint density at radius 1 is 1.00 bits per heavy atom. The van der Waals surface area contributed by atoms with Gasteiger partial charge < -0.3 is 20.4 Å². The zero-order chi connectivity index (χ0) is 16.6. The zero-order valence-electron chi connectivity index (χ0n) is 14.2. The van der Waals surface area contributed by atoms with Crippen molar-refractivity contribution >= 4 is 0 Å². The van der Waals surface area contributed by atoms with Gasteiger partial charge in [0.2, 0.25) is 0 Å². The highest BCUT2D eigenvalue weighted by Crippen LogP contribution is 2.64. The standard InChI is InChI=1S/C19H30O4/c1-18-5-3-11(20)7-10(18)8-14(21)16-12(18)4-6-19(2)13(16)9-15(22)17(19)23/h8,11-17,20-23H,3-7,9H2,1-2H3/t11-,12+,13+,14+,15+,16-,17+,18+,19+/m1/s1. The molecule has 0 unspecified atom stereocenters. The molecule has 3 fully saturated rings. The Labute approximate surface area is 138 Å². The maximum atomic E-state index is 10.9. The molecule has 0 aromatic heterocycles. The van der Waals surface area contributed by atoms with Gasteiger partial charge in [-0.15, -0.1) is 0 Å². The second-order valence-corrected chi connectivity index (χ2v) is 9.08. The number of aliphatic hydroxyl groups excluding tert-OH is 4. The van der Waals surface area contributed by atoms with Gasteiger partial charge in [0.1, 0.15) is 0 Å². The second-order valence-electron chi connectivity index (χ2n) is 9.08. The molecule has 9 atom stereocenters. The predicted molar refractivity (Wildman–Crippen MR) is 86.5 cm³/mol. The van der Waals surface area contributed by atoms with E-state index in [2.05, 4.69) is 13.8 Å². The van der Waals surface area contributed by atoms with E-state index in [1.807, 2.05) is 6.08 Å². The lowest BCUT2D eigenvalue weighted by Gasteiger charge is -2.58. The van der Waals surface area contributed by atoms with Crippen LogP contribution in [0.3, 0.4) is 0 Å². The van der Waals surface area contributed by atoms with Crippen molar-refractivity contribution in [2.45, 2.75) is 76.8 Å². The van der Waals surface area contributed by atoms with Gasteiger partial charge in [0.05, 0.1) is 24.4 Å². The molecule has 0 bridgehead atoms. The van der Waals surface area contributed by atoms with Crippen molar-refractivity contribution in [3.63, 3.8) is 0 Å². The van der Waals surface area contributed by atoms with Crippen LogP contribution >= 0.6 is 0 Å². The average molecular weight is 322 g/mol. The Hall–Kier alpha value is -0.420. The number of hydrogen-bond acceptors (Lipinski definition) is 4. The third-order valence-corrected chi connectivity index (χ3v) is 8.08. The molecular weight excluding hydrogens is 292 g/mol. The van der Waals surface area contributed by atoms with Crippen LogP contribution in [0.4, 0.5) is 0 Å². The van der Waals surface area contributed by atoms with Gasteiger partial charge in [0.15, 0.2) is 0 Å². The van der Waals surface area contributed by atoms with Gasteiger partial charge in [-0.3, -0.25) is 0 Å². The fraction of sp³-hybridized carbons (Fsp3) is 0.895. The van der Waals surface area contributed by atoms with Gasteiger partial charge in [-0.05, 0) is 67.1 Å². The number of aliphatic hydroxyl groups is 4. The first kappa shape index (κ1) is 16.1. The maximum absolute atomic E-state index is 10.9. The summed E-state index contributed by atoms with van der Waals surface area (Å²) in [7, 11) is 0. The predicted octanol–water partition coefficient (Wildman–Crippen LogP) is 1.61. The highest BCUT2D eigenvalue weighted by molar-refractivity contribution is 5.28. The maximum Gasteiger partial charge on any atom is 0.0855 e. The largest absolute Gasteiger partial charge is 0.393 e. The van der Waals surface area contributed by atoms with Crippen LogP contribution < -0.4 is 0 Å². The van der Waals surface area contributed by atoms with Crippen LogP contribution in [0.2, 0.25) is 0 Å². The second kappa shape index (κ2) is 5.04. The average Bonchev–Trinajstić information content (AvgIpc) is 2.73. The van der Waals surface area contributed by atoms with E-state index in [4.69, 9.17) is 0 Å². The molecule has 4 aliphatic rings. The molecule has 130 valence electrons. The highest BCUT2D eigenvalue weighted by atomic mass is 16.3. The third kappa shape index (κ3) is 2.05. The summed E-state index contributed by atoms with van der Waals surface area (Å²) < 4.78 is 0. The summed E-state index contributed by atoms with van der Waals surface area (Å²) in [5.41, 5.74) is 1.01. The van der Waals surface area contributed by atoms with Crippen LogP contribution in [0.1, 0.15) is 52.4 Å². The lowest BCUT2D eigenvalue weighted by atomic mass is 9.47. The van der Waals surface area contributed by atoms with Crippen LogP contribution in [0.15, 0.2) is 11.6 Å². The van der Waals surface area contributed by atoms with E-state index in [1.165, 1.54) is 5.57 Å². The van der Waals surface area contributed by atoms with E-state index in [0.29, 0.717) is 18.8 Å². The minimum absolute atomic E-state index is 0.0585. The van der Waals surface area contributed by atoms with Crippen molar-refractivity contribution in [1.82, 2.24) is 0 Å². The molecule has 0 saturated heterocycles. The molecule has 23 heavy (non-hydrogen) atoms. The lowest BCUT2D eigenvalue weighted by molar-refractivity contribution is -0.110. The Bertz CT molecular complexity index is 531. The summed E-state index contributed by atoms with van der Waals surface area (Å²) in [5, 5.41) is 41.6. The smallest absolute Gasteiger partial charge is 0.0855 e. The fourth-order valence-corrected chi connectivity index (χ4v) is 6.62. The van der Waals surface area contributed by atoms with Crippen LogP contribution in [0.25, 0.3) is 0 Å². The minimum Gasteiger partial charge on any atom is -0.393 e. The Morgan fingerprint density at radius 2 is 1.74 bits per heavy atom. The van der Waals surface area contributed by atoms with Crippen LogP contribution in [-0.2, 0) is 0 Å². The Balaban J connectivity index is 1.73. The van der Waals surface area contributed by atoms with Gasteiger partial charge >= 0.3 is 0 Å². The molecule has 0 spiro atoms. The molecule has 4 aliphatic carbocycles. The van der Waals surface area contributed by atoms with Gasteiger partial charge in [-0.2, -0.15) is 0 Å². The summed E-state index contributed by atoms with van der Waals surface area (Å²) in [5.74, 6) is 0.674. The molecule has 4 rings (SSSR count). The van der Waals surface area contributed by atoms with Crippen molar-refractivity contribution in [2.75, 3.05) is 0 Å². The molecule has 0 aromatic rings. The minimum atomic E-state index is -0.674. The SMILES string of the molecule is C[C@]12CC[C@H]3[C@@H]([C@@H](O)C=C4C[C@H](O)CC[C@@]43C)[C@@H]1C[C@H](O)[C@@H]2O. The molecule has 0 aromatic carbocycles. The monoisotopic (exact) mass is 322 g/mol. The van der Waals surface area contributed by atoms with Gasteiger partial charge in [-0.1, -0.05) is 25.5 Å². The van der Waals surface area contributed by atoms with E-state index in [-0.39, 0.29) is 28.8 Å². The molecule has 0 aliphatic heterocycles. The zero-order valence-corrected chi connectivity index (χ0v) is 14.2. The van der Waals surface area contributed by atoms with Crippen molar-refractivity contribution < 1.29 is 20.4 Å². The number of rotatable bonds is 0. The summed E-state index contributed by atoms with van der Waals surface area (Å²) in [6.45, 7) is 4.40. The molecule has 0 heterocycles. The van der Waals surface area contributed by atoms with Crippen LogP contribution in [0.5, 0.6) is 0 Å². The Morgan fingerprint density at radius 3 is 2.48 bits per heavy atom. The van der Waals surface area contributed by atoms with E-state index in [1.54, 1.807) is 0 Å². The topological polar surface area (TPSA) is 80.9 Å². The molecule has 4 nitrogen and oxygen atoms in total. The van der Waals surface area contributed by atoms with Crippen molar-refractivity contribution in [3.8, 4) is 0 Å². The summed E-state index contributed by atoms with van der Waals surface area (Å²) >= 11 is 0. The summed E-state index contributed by atoms with van der Waals surface area (Å²) in [6.07, 6.45) is 4.85. The molecular formula is C19H30O4. The van der Waals surface area contributed by atoms with Crippen molar-refractivity contribution in [1.29, 1.82) is 0 Å². The van der Waals surface area contributed by atoms with Gasteiger partial charge in [0.25, 0.3) is 0 Å². The summed E-state index contributed by atoms with van der Waals surface area (Å²) in [4.78, 5) is 0. The van der Waals surface area contributed by atoms with Crippen molar-refractivity contribution in [2.24, 2.45) is 28.6 Å². The quantitative estimate of drug-likeness (QED) is 0.511. The van der Waals surface area contributed by atoms with Crippen LogP contribution in [-0.4, -0.2) is 44.8 Å². The fourth-order valence-electron chi connectivity index (χ4n) is 6.62. The number of hydrogen-bond donors (Lipinski definition) is 4. The Kier molecular flexibility index (Phi) is 3.52. The van der Waals surface area contributed by atoms with Crippen molar-refractivity contribution in [3.05, 3.63) is 11.6 Å². The highest BCUT2D eigenvalue weighted by Gasteiger charge is 2.62. The third-order valence-electron chi connectivity index (χ3n) is 8.08. The first-order valence-electron chi connectivity index (χ1n) is 9.21. The number of fused-ring (bicyclic) bond motifs is 5. The first-order chi connectivity index (χ1) is 10.8. The van der Waals surface area contributed by atoms with Gasteiger partial charge in [-0.25, -0.2) is 0 Å². The first-order valence-corrected chi connectivity index (χ1v) is 9.21. The van der Waals surface area contributed by atoms with E-state index in [0.717, 1.165) is 25.7 Å². The summed E-state index contributed by atoms with van der Waals surface area (Å²) in [6, 6.07) is 0. The molecule has 0 radical (unpaired) electrons. The molecule has 0 amide bonds. The molecule has 4 N–H and O–H groups in total. The van der Waals surface area contributed by atoms with E-state index in [9.17, 15) is 20.4 Å². The normalized spacial score (nSPS) is 58.9.